The molecule has 0 unspecified atom stereocenters. The summed E-state index contributed by atoms with van der Waals surface area (Å²) >= 11 is 7.74. The van der Waals surface area contributed by atoms with Gasteiger partial charge < -0.3 is 5.32 Å². The van der Waals surface area contributed by atoms with Crippen LogP contribution in [-0.4, -0.2) is 17.7 Å². The predicted octanol–water partition coefficient (Wildman–Crippen LogP) is 4.66. The van der Waals surface area contributed by atoms with E-state index in [1.807, 2.05) is 18.2 Å². The van der Waals surface area contributed by atoms with Gasteiger partial charge in [-0.15, -0.1) is 0 Å². The molecule has 21 heavy (non-hydrogen) atoms. The summed E-state index contributed by atoms with van der Waals surface area (Å²) in [6.45, 7) is 2.25. The van der Waals surface area contributed by atoms with E-state index >= 15 is 0 Å². The molecule has 1 N–H and O–H groups in total. The Hall–Kier alpha value is -0.670. The van der Waals surface area contributed by atoms with Crippen LogP contribution in [0.2, 0.25) is 5.02 Å². The quantitative estimate of drug-likeness (QED) is 0.771. The first-order valence-electron chi connectivity index (χ1n) is 7.76. The van der Waals surface area contributed by atoms with Gasteiger partial charge in [-0.05, 0) is 36.5 Å². The first-order valence-corrected chi connectivity index (χ1v) is 9.30. The van der Waals surface area contributed by atoms with Crippen LogP contribution in [0.5, 0.6) is 0 Å². The van der Waals surface area contributed by atoms with Crippen LogP contribution < -0.4 is 5.32 Å². The Morgan fingerprint density at radius 2 is 2.19 bits per heavy atom. The van der Waals surface area contributed by atoms with Crippen molar-refractivity contribution in [3.05, 3.63) is 34.9 Å². The topological polar surface area (TPSA) is 29.1 Å². The average molecular weight is 326 g/mol. The Kier molecular flexibility index (Phi) is 6.91. The standard InChI is InChI=1S/C17H24ClNOS/c1-13-5-2-3-8-16(13)19-17(20)9-10-21-12-14-6-4-7-15(18)11-14/h4,6-7,11,13,16H,2-3,5,8-10,12H2,1H3,(H,19,20)/t13-,16-/m1/s1. The number of carbonyl (C=O) groups is 1. The zero-order valence-corrected chi connectivity index (χ0v) is 14.2. The third-order valence-corrected chi connectivity index (χ3v) is 5.35. The minimum absolute atomic E-state index is 0.201. The summed E-state index contributed by atoms with van der Waals surface area (Å²) in [5.41, 5.74) is 1.22. The van der Waals surface area contributed by atoms with E-state index in [9.17, 15) is 4.79 Å². The van der Waals surface area contributed by atoms with Crippen LogP contribution >= 0.6 is 23.4 Å². The fourth-order valence-corrected chi connectivity index (χ4v) is 3.89. The van der Waals surface area contributed by atoms with Crippen LogP contribution in [0.25, 0.3) is 0 Å². The SMILES string of the molecule is C[C@@H]1CCCC[C@H]1NC(=O)CCSCc1cccc(Cl)c1. The molecule has 2 nitrogen and oxygen atoms in total. The molecule has 0 spiro atoms. The smallest absolute Gasteiger partial charge is 0.221 e. The minimum atomic E-state index is 0.201. The highest BCUT2D eigenvalue weighted by Crippen LogP contribution is 2.24. The molecule has 1 aliphatic carbocycles. The monoisotopic (exact) mass is 325 g/mol. The third-order valence-electron chi connectivity index (χ3n) is 4.09. The molecule has 1 aromatic rings. The van der Waals surface area contributed by atoms with Gasteiger partial charge in [0, 0.05) is 29.0 Å². The van der Waals surface area contributed by atoms with Crippen molar-refractivity contribution in [1.29, 1.82) is 0 Å². The van der Waals surface area contributed by atoms with Gasteiger partial charge in [0.05, 0.1) is 0 Å². The van der Waals surface area contributed by atoms with Crippen molar-refractivity contribution in [3.8, 4) is 0 Å². The number of thioether (sulfide) groups is 1. The number of benzene rings is 1. The average Bonchev–Trinajstić information content (AvgIpc) is 2.46. The Morgan fingerprint density at radius 1 is 1.38 bits per heavy atom. The second kappa shape index (κ2) is 8.70. The van der Waals surface area contributed by atoms with E-state index in [-0.39, 0.29) is 5.91 Å². The second-order valence-corrected chi connectivity index (χ2v) is 7.41. The van der Waals surface area contributed by atoms with Gasteiger partial charge in [-0.2, -0.15) is 11.8 Å². The Balaban J connectivity index is 1.63. The summed E-state index contributed by atoms with van der Waals surface area (Å²) in [6.07, 6.45) is 5.55. The van der Waals surface area contributed by atoms with Gasteiger partial charge in [-0.3, -0.25) is 4.79 Å². The maximum atomic E-state index is 12.0. The highest BCUT2D eigenvalue weighted by Gasteiger charge is 2.22. The molecule has 1 amide bonds. The molecular weight excluding hydrogens is 302 g/mol. The molecule has 0 bridgehead atoms. The van der Waals surface area contributed by atoms with E-state index in [0.29, 0.717) is 18.4 Å². The van der Waals surface area contributed by atoms with E-state index in [4.69, 9.17) is 11.6 Å². The molecule has 1 aromatic carbocycles. The molecule has 0 radical (unpaired) electrons. The molecule has 1 saturated carbocycles. The summed E-state index contributed by atoms with van der Waals surface area (Å²) in [5, 5.41) is 3.98. The summed E-state index contributed by atoms with van der Waals surface area (Å²) in [7, 11) is 0. The number of carbonyl (C=O) groups excluding carboxylic acids is 1. The third kappa shape index (κ3) is 5.91. The van der Waals surface area contributed by atoms with Crippen molar-refractivity contribution in [1.82, 2.24) is 5.32 Å². The molecule has 1 fully saturated rings. The van der Waals surface area contributed by atoms with Crippen LogP contribution in [0.3, 0.4) is 0 Å². The summed E-state index contributed by atoms with van der Waals surface area (Å²) < 4.78 is 0. The highest BCUT2D eigenvalue weighted by atomic mass is 35.5. The van der Waals surface area contributed by atoms with Crippen molar-refractivity contribution in [2.24, 2.45) is 5.92 Å². The number of nitrogens with one attached hydrogen (secondary N) is 1. The lowest BCUT2D eigenvalue weighted by atomic mass is 9.86. The van der Waals surface area contributed by atoms with Gasteiger partial charge in [0.25, 0.3) is 0 Å². The van der Waals surface area contributed by atoms with E-state index in [2.05, 4.69) is 18.3 Å². The number of rotatable bonds is 6. The van der Waals surface area contributed by atoms with E-state index in [1.165, 1.54) is 24.8 Å². The number of amides is 1. The molecular formula is C17H24ClNOS. The lowest BCUT2D eigenvalue weighted by Gasteiger charge is -2.29. The molecule has 0 aromatic heterocycles. The van der Waals surface area contributed by atoms with Gasteiger partial charge in [0.15, 0.2) is 0 Å². The molecule has 116 valence electrons. The number of hydrogen-bond acceptors (Lipinski definition) is 2. The lowest BCUT2D eigenvalue weighted by molar-refractivity contribution is -0.121. The molecule has 0 heterocycles. The van der Waals surface area contributed by atoms with Gasteiger partial charge in [0.2, 0.25) is 5.91 Å². The van der Waals surface area contributed by atoms with Gasteiger partial charge >= 0.3 is 0 Å². The second-order valence-electron chi connectivity index (χ2n) is 5.87. The predicted molar refractivity (Wildman–Crippen MR) is 91.8 cm³/mol. The van der Waals surface area contributed by atoms with Crippen molar-refractivity contribution in [2.75, 3.05) is 5.75 Å². The Labute approximate surface area is 137 Å². The summed E-state index contributed by atoms with van der Waals surface area (Å²) in [5.74, 6) is 2.60. The van der Waals surface area contributed by atoms with Crippen LogP contribution in [-0.2, 0) is 10.5 Å². The number of halogens is 1. The van der Waals surface area contributed by atoms with Crippen molar-refractivity contribution in [3.63, 3.8) is 0 Å². The van der Waals surface area contributed by atoms with Crippen molar-refractivity contribution < 1.29 is 4.79 Å². The minimum Gasteiger partial charge on any atom is -0.353 e. The Morgan fingerprint density at radius 3 is 2.95 bits per heavy atom. The molecule has 1 aliphatic rings. The zero-order valence-electron chi connectivity index (χ0n) is 12.6. The van der Waals surface area contributed by atoms with E-state index in [0.717, 1.165) is 22.9 Å². The van der Waals surface area contributed by atoms with E-state index in [1.54, 1.807) is 11.8 Å². The van der Waals surface area contributed by atoms with Crippen LogP contribution in [0, 0.1) is 5.92 Å². The van der Waals surface area contributed by atoms with Gasteiger partial charge in [-0.25, -0.2) is 0 Å². The molecule has 2 atom stereocenters. The zero-order chi connectivity index (χ0) is 15.1. The Bertz CT molecular complexity index is 466. The summed E-state index contributed by atoms with van der Waals surface area (Å²) in [4.78, 5) is 12.0. The lowest BCUT2D eigenvalue weighted by Crippen LogP contribution is -2.41. The fourth-order valence-electron chi connectivity index (χ4n) is 2.79. The highest BCUT2D eigenvalue weighted by molar-refractivity contribution is 7.98. The summed E-state index contributed by atoms with van der Waals surface area (Å²) in [6, 6.07) is 8.30. The largest absolute Gasteiger partial charge is 0.353 e. The first kappa shape index (κ1) is 16.7. The molecule has 0 aliphatic heterocycles. The number of hydrogen-bond donors (Lipinski definition) is 1. The molecule has 0 saturated heterocycles. The van der Waals surface area contributed by atoms with E-state index < -0.39 is 0 Å². The molecule has 4 heteroatoms. The molecule has 2 rings (SSSR count). The maximum absolute atomic E-state index is 12.0. The van der Waals surface area contributed by atoms with Gasteiger partial charge in [0.1, 0.15) is 0 Å². The van der Waals surface area contributed by atoms with Crippen molar-refractivity contribution >= 4 is 29.3 Å². The normalized spacial score (nSPS) is 22.0. The maximum Gasteiger partial charge on any atom is 0.221 e. The van der Waals surface area contributed by atoms with Crippen LogP contribution in [0.4, 0.5) is 0 Å². The fraction of sp³-hybridized carbons (Fsp3) is 0.588. The van der Waals surface area contributed by atoms with Crippen LogP contribution in [0.1, 0.15) is 44.6 Å². The first-order chi connectivity index (χ1) is 10.1. The van der Waals surface area contributed by atoms with Crippen molar-refractivity contribution in [2.45, 2.75) is 50.8 Å². The van der Waals surface area contributed by atoms with Crippen LogP contribution in [0.15, 0.2) is 24.3 Å². The van der Waals surface area contributed by atoms with Gasteiger partial charge in [-0.1, -0.05) is 43.5 Å².